The van der Waals surface area contributed by atoms with Crippen molar-refractivity contribution in [2.75, 3.05) is 12.0 Å². The van der Waals surface area contributed by atoms with Crippen molar-refractivity contribution < 1.29 is 24.2 Å². The Kier molecular flexibility index (Phi) is 5.33. The van der Waals surface area contributed by atoms with Crippen LogP contribution in [-0.4, -0.2) is 30.1 Å². The van der Waals surface area contributed by atoms with Crippen LogP contribution in [0.4, 0.5) is 10.5 Å². The van der Waals surface area contributed by atoms with Gasteiger partial charge in [0.2, 0.25) is 0 Å². The highest BCUT2D eigenvalue weighted by atomic mass is 79.9. The Labute approximate surface area is 170 Å². The molecule has 0 spiro atoms. The maximum absolute atomic E-state index is 12.8. The number of nitrogens with one attached hydrogen (secondary N) is 1. The van der Waals surface area contributed by atoms with Gasteiger partial charge in [0.25, 0.3) is 11.8 Å². The van der Waals surface area contributed by atoms with Gasteiger partial charge < -0.3 is 9.84 Å². The lowest BCUT2D eigenvalue weighted by atomic mass is 10.1. The number of carbonyl (C=O) groups excluding carboxylic acids is 3. The molecule has 2 N–H and O–H groups in total. The third kappa shape index (κ3) is 3.74. The summed E-state index contributed by atoms with van der Waals surface area (Å²) in [5.41, 5.74) is 0.529. The van der Waals surface area contributed by atoms with Gasteiger partial charge in [0, 0.05) is 4.47 Å². The van der Waals surface area contributed by atoms with Crippen LogP contribution in [0.2, 0.25) is 0 Å². The molecule has 2 aromatic carbocycles. The van der Waals surface area contributed by atoms with E-state index in [4.69, 9.17) is 4.74 Å². The lowest BCUT2D eigenvalue weighted by molar-refractivity contribution is -0.122. The molecule has 2 aromatic rings. The van der Waals surface area contributed by atoms with E-state index in [1.807, 2.05) is 0 Å². The van der Waals surface area contributed by atoms with Crippen LogP contribution in [0.15, 0.2) is 50.9 Å². The summed E-state index contributed by atoms with van der Waals surface area (Å²) in [6.07, 6.45) is 1.32. The Bertz CT molecular complexity index is 986. The van der Waals surface area contributed by atoms with Crippen LogP contribution in [0, 0.1) is 0 Å². The number of barbiturate groups is 1. The molecule has 7 nitrogen and oxygen atoms in total. The molecule has 1 aliphatic heterocycles. The average molecular weight is 496 g/mol. The van der Waals surface area contributed by atoms with Crippen molar-refractivity contribution >= 4 is 61.5 Å². The molecule has 0 saturated carbocycles. The van der Waals surface area contributed by atoms with Crippen molar-refractivity contribution in [3.63, 3.8) is 0 Å². The van der Waals surface area contributed by atoms with E-state index in [9.17, 15) is 19.5 Å². The van der Waals surface area contributed by atoms with E-state index < -0.39 is 17.8 Å². The largest absolute Gasteiger partial charge is 0.503 e. The number of hydrogen-bond donors (Lipinski definition) is 2. The molecule has 1 saturated heterocycles. The van der Waals surface area contributed by atoms with Gasteiger partial charge in [-0.1, -0.05) is 15.9 Å². The van der Waals surface area contributed by atoms with Gasteiger partial charge in [-0.15, -0.1) is 0 Å². The number of phenols is 1. The van der Waals surface area contributed by atoms with E-state index in [0.717, 1.165) is 9.37 Å². The fraction of sp³-hybridized carbons (Fsp3) is 0.0556. The summed E-state index contributed by atoms with van der Waals surface area (Å²) >= 11 is 6.47. The zero-order chi connectivity index (χ0) is 19.7. The van der Waals surface area contributed by atoms with Crippen LogP contribution in [0.3, 0.4) is 0 Å². The van der Waals surface area contributed by atoms with Crippen LogP contribution in [0.1, 0.15) is 5.56 Å². The molecule has 0 radical (unpaired) electrons. The smallest absolute Gasteiger partial charge is 0.335 e. The fourth-order valence-electron chi connectivity index (χ4n) is 2.48. The number of amides is 4. The lowest BCUT2D eigenvalue weighted by Gasteiger charge is -2.26. The number of urea groups is 1. The summed E-state index contributed by atoms with van der Waals surface area (Å²) in [4.78, 5) is 38.1. The van der Waals surface area contributed by atoms with Gasteiger partial charge in [-0.3, -0.25) is 14.9 Å². The van der Waals surface area contributed by atoms with Crippen molar-refractivity contribution in [2.45, 2.75) is 0 Å². The first-order chi connectivity index (χ1) is 12.8. The minimum Gasteiger partial charge on any atom is -0.503 e. The van der Waals surface area contributed by atoms with Crippen molar-refractivity contribution in [1.29, 1.82) is 0 Å². The topological polar surface area (TPSA) is 95.9 Å². The van der Waals surface area contributed by atoms with Gasteiger partial charge in [0.1, 0.15) is 5.57 Å². The van der Waals surface area contributed by atoms with Gasteiger partial charge in [-0.05, 0) is 64.0 Å². The first-order valence-electron chi connectivity index (χ1n) is 7.55. The van der Waals surface area contributed by atoms with Crippen molar-refractivity contribution in [3.05, 3.63) is 56.5 Å². The summed E-state index contributed by atoms with van der Waals surface area (Å²) in [6.45, 7) is 0. The van der Waals surface area contributed by atoms with E-state index in [1.54, 1.807) is 24.3 Å². The van der Waals surface area contributed by atoms with Crippen LogP contribution < -0.4 is 15.0 Å². The van der Waals surface area contributed by atoms with Crippen LogP contribution in [0.5, 0.6) is 11.5 Å². The number of aromatic hydroxyl groups is 1. The quantitative estimate of drug-likeness (QED) is 0.501. The zero-order valence-electron chi connectivity index (χ0n) is 13.8. The molecule has 3 rings (SSSR count). The molecule has 0 bridgehead atoms. The van der Waals surface area contributed by atoms with Crippen LogP contribution in [-0.2, 0) is 9.59 Å². The SMILES string of the molecule is COc1cc(/C=C2\C(=O)NC(=O)N(c3ccc(Br)cc3)C2=O)cc(Br)c1O. The number of phenolic OH excluding ortho intramolecular Hbond substituents is 1. The van der Waals surface area contributed by atoms with Crippen molar-refractivity contribution in [1.82, 2.24) is 5.32 Å². The highest BCUT2D eigenvalue weighted by molar-refractivity contribution is 9.10. The van der Waals surface area contributed by atoms with Crippen LogP contribution >= 0.6 is 31.9 Å². The van der Waals surface area contributed by atoms with E-state index in [2.05, 4.69) is 37.2 Å². The predicted molar refractivity (Wildman–Crippen MR) is 106 cm³/mol. The third-order valence-corrected chi connectivity index (χ3v) is 4.90. The maximum atomic E-state index is 12.8. The highest BCUT2D eigenvalue weighted by Crippen LogP contribution is 2.36. The number of imide groups is 2. The van der Waals surface area contributed by atoms with Gasteiger partial charge >= 0.3 is 6.03 Å². The van der Waals surface area contributed by atoms with E-state index in [0.29, 0.717) is 15.7 Å². The zero-order valence-corrected chi connectivity index (χ0v) is 17.0. The maximum Gasteiger partial charge on any atom is 0.335 e. The minimum absolute atomic E-state index is 0.106. The number of methoxy groups -OCH3 is 1. The second kappa shape index (κ2) is 7.53. The molecular formula is C18H12Br2N2O5. The first-order valence-corrected chi connectivity index (χ1v) is 9.14. The molecule has 0 aromatic heterocycles. The Balaban J connectivity index is 2.04. The molecular weight excluding hydrogens is 484 g/mol. The number of benzene rings is 2. The molecule has 1 aliphatic rings. The number of nitrogens with zero attached hydrogens (tertiary/aromatic N) is 1. The molecule has 0 aliphatic carbocycles. The van der Waals surface area contributed by atoms with Gasteiger partial charge in [-0.25, -0.2) is 9.69 Å². The molecule has 138 valence electrons. The number of anilines is 1. The Morgan fingerprint density at radius 3 is 2.41 bits per heavy atom. The number of ether oxygens (including phenoxy) is 1. The van der Waals surface area contributed by atoms with Crippen molar-refractivity contribution in [2.24, 2.45) is 0 Å². The van der Waals surface area contributed by atoms with E-state index >= 15 is 0 Å². The molecule has 0 atom stereocenters. The Morgan fingerprint density at radius 2 is 1.78 bits per heavy atom. The normalized spacial score (nSPS) is 15.9. The Hall–Kier alpha value is -2.65. The van der Waals surface area contributed by atoms with E-state index in [1.165, 1.54) is 25.3 Å². The fourth-order valence-corrected chi connectivity index (χ4v) is 3.21. The molecule has 1 heterocycles. The summed E-state index contributed by atoms with van der Waals surface area (Å²) in [5.74, 6) is -1.50. The van der Waals surface area contributed by atoms with E-state index in [-0.39, 0.29) is 17.1 Å². The third-order valence-electron chi connectivity index (χ3n) is 3.77. The van der Waals surface area contributed by atoms with Gasteiger partial charge in [-0.2, -0.15) is 0 Å². The number of hydrogen-bond acceptors (Lipinski definition) is 5. The van der Waals surface area contributed by atoms with Gasteiger partial charge in [0.05, 0.1) is 17.3 Å². The van der Waals surface area contributed by atoms with Crippen LogP contribution in [0.25, 0.3) is 6.08 Å². The summed E-state index contributed by atoms with van der Waals surface area (Å²) in [5, 5.41) is 12.0. The minimum atomic E-state index is -0.825. The first kappa shape index (κ1) is 19.1. The van der Waals surface area contributed by atoms with Crippen molar-refractivity contribution in [3.8, 4) is 11.5 Å². The standard InChI is InChI=1S/C18H12Br2N2O5/c1-27-14-8-9(7-13(20)15(14)23)6-12-16(24)21-18(26)22(17(12)25)11-4-2-10(19)3-5-11/h2-8,23H,1H3,(H,21,24,26)/b12-6+. The molecule has 27 heavy (non-hydrogen) atoms. The molecule has 1 fully saturated rings. The second-order valence-electron chi connectivity index (χ2n) is 5.49. The molecule has 9 heteroatoms. The number of halogens is 2. The highest BCUT2D eigenvalue weighted by Gasteiger charge is 2.36. The van der Waals surface area contributed by atoms with Gasteiger partial charge in [0.15, 0.2) is 11.5 Å². The lowest BCUT2D eigenvalue weighted by Crippen LogP contribution is -2.54. The summed E-state index contributed by atoms with van der Waals surface area (Å²) < 4.78 is 6.18. The predicted octanol–water partition coefficient (Wildman–Crippen LogP) is 3.59. The average Bonchev–Trinajstić information content (AvgIpc) is 2.62. The second-order valence-corrected chi connectivity index (χ2v) is 7.26. The molecule has 0 unspecified atom stereocenters. The Morgan fingerprint density at radius 1 is 1.11 bits per heavy atom. The summed E-state index contributed by atoms with van der Waals surface area (Å²) in [6, 6.07) is 8.67. The molecule has 4 amide bonds. The summed E-state index contributed by atoms with van der Waals surface area (Å²) in [7, 11) is 1.38. The number of rotatable bonds is 3. The monoisotopic (exact) mass is 494 g/mol. The number of carbonyl (C=O) groups is 3.